The van der Waals surface area contributed by atoms with E-state index >= 15 is 0 Å². The number of hydrogen-bond acceptors (Lipinski definition) is 25. The summed E-state index contributed by atoms with van der Waals surface area (Å²) in [5.74, 6) is 0. The Kier molecular flexibility index (Phi) is 82.0. The van der Waals surface area contributed by atoms with Gasteiger partial charge in [0.05, 0.1) is 317 Å². The molecule has 0 aromatic rings. The summed E-state index contributed by atoms with van der Waals surface area (Å²) in [6.07, 6.45) is 13.3. The largest absolute Gasteiger partial charge is 0.394 e. The zero-order valence-electron chi connectivity index (χ0n) is 53.0. The van der Waals surface area contributed by atoms with Gasteiger partial charge in [-0.3, -0.25) is 0 Å². The fourth-order valence-electron chi connectivity index (χ4n) is 6.92. The molecular weight excluding hydrogens is 1120 g/mol. The second-order valence-electron chi connectivity index (χ2n) is 18.6. The Morgan fingerprint density at radius 3 is 0.365 bits per heavy atom. The molecule has 0 aliphatic rings. The number of ether oxygens (including phenoxy) is 24. The second kappa shape index (κ2) is 83.0. The number of aliphatic hydroxyl groups excluding tert-OH is 1. The smallest absolute Gasteiger partial charge is 0.0701 e. The van der Waals surface area contributed by atoms with Crippen LogP contribution in [0.4, 0.5) is 0 Å². The fraction of sp³-hybridized carbons (Fsp3) is 1.00. The number of unbranched alkanes of at least 4 members (excludes halogenated alkanes) is 9. The minimum Gasteiger partial charge on any atom is -0.394 e. The monoisotopic (exact) mass is 1240 g/mol. The van der Waals surface area contributed by atoms with Crippen LogP contribution in [0, 0.1) is 0 Å². The van der Waals surface area contributed by atoms with Gasteiger partial charge in [0.15, 0.2) is 0 Å². The van der Waals surface area contributed by atoms with Crippen LogP contribution in [0.5, 0.6) is 0 Å². The third-order valence-corrected chi connectivity index (χ3v) is 11.4. The maximum absolute atomic E-state index is 8.61. The van der Waals surface area contributed by atoms with E-state index in [1.165, 1.54) is 57.8 Å². The van der Waals surface area contributed by atoms with Crippen molar-refractivity contribution >= 4 is 0 Å². The molecule has 0 heterocycles. The van der Waals surface area contributed by atoms with Crippen molar-refractivity contribution in [3.05, 3.63) is 0 Å². The number of rotatable bonds is 82. The predicted octanol–water partition coefficient (Wildman–Crippen LogP) is 4.30. The quantitative estimate of drug-likeness (QED) is 0.0835. The fourth-order valence-corrected chi connectivity index (χ4v) is 6.92. The Morgan fingerprint density at radius 1 is 0.129 bits per heavy atom. The topological polar surface area (TPSA) is 242 Å². The zero-order valence-corrected chi connectivity index (χ0v) is 53.0. The highest BCUT2D eigenvalue weighted by atomic mass is 16.6. The van der Waals surface area contributed by atoms with Crippen molar-refractivity contribution < 1.29 is 119 Å². The van der Waals surface area contributed by atoms with Crippen molar-refractivity contribution in [2.24, 2.45) is 0 Å². The molecule has 0 atom stereocenters. The summed E-state index contributed by atoms with van der Waals surface area (Å²) in [7, 11) is 0. The molecule has 0 spiro atoms. The van der Waals surface area contributed by atoms with Crippen LogP contribution in [0.15, 0.2) is 0 Å². The van der Waals surface area contributed by atoms with Crippen molar-refractivity contribution in [3.8, 4) is 0 Å². The Morgan fingerprint density at radius 2 is 0.235 bits per heavy atom. The van der Waals surface area contributed by atoms with Crippen molar-refractivity contribution in [2.75, 3.05) is 324 Å². The molecule has 0 saturated heterocycles. The summed E-state index contributed by atoms with van der Waals surface area (Å²) in [5.41, 5.74) is 0. The molecule has 1 N–H and O–H groups in total. The maximum atomic E-state index is 8.61. The lowest BCUT2D eigenvalue weighted by atomic mass is 10.1. The van der Waals surface area contributed by atoms with Gasteiger partial charge in [0.25, 0.3) is 0 Å². The first kappa shape index (κ1) is 84.0. The van der Waals surface area contributed by atoms with Crippen molar-refractivity contribution in [1.29, 1.82) is 0 Å². The summed E-state index contributed by atoms with van der Waals surface area (Å²) >= 11 is 0. The van der Waals surface area contributed by atoms with Gasteiger partial charge in [0.2, 0.25) is 0 Å². The first-order chi connectivity index (χ1) is 42.4. The first-order valence-corrected chi connectivity index (χ1v) is 31.9. The molecule has 0 fully saturated rings. The zero-order chi connectivity index (χ0) is 60.7. The molecule has 0 radical (unpaired) electrons. The van der Waals surface area contributed by atoms with Gasteiger partial charge in [0.1, 0.15) is 0 Å². The summed E-state index contributed by atoms with van der Waals surface area (Å²) < 4.78 is 132. The average Bonchev–Trinajstić information content (AvgIpc) is 3.51. The summed E-state index contributed by atoms with van der Waals surface area (Å²) in [4.78, 5) is 0. The molecule has 85 heavy (non-hydrogen) atoms. The summed E-state index contributed by atoms with van der Waals surface area (Å²) in [5, 5.41) is 8.61. The third-order valence-electron chi connectivity index (χ3n) is 11.4. The van der Waals surface area contributed by atoms with Crippen LogP contribution >= 0.6 is 0 Å². The molecule has 0 rings (SSSR count). The molecule has 0 saturated carbocycles. The van der Waals surface area contributed by atoms with E-state index < -0.39 is 0 Å². The lowest BCUT2D eigenvalue weighted by Gasteiger charge is -2.09. The minimum atomic E-state index is 0.0185. The molecule has 512 valence electrons. The Labute approximate surface area is 512 Å². The number of hydrogen-bond donors (Lipinski definition) is 1. The van der Waals surface area contributed by atoms with Gasteiger partial charge in [-0.25, -0.2) is 0 Å². The van der Waals surface area contributed by atoms with Gasteiger partial charge in [0, 0.05) is 6.61 Å². The molecule has 0 unspecified atom stereocenters. The van der Waals surface area contributed by atoms with Gasteiger partial charge in [-0.05, 0) is 6.42 Å². The lowest BCUT2D eigenvalue weighted by molar-refractivity contribution is -0.0320. The Hall–Kier alpha value is -1.00. The molecular formula is C60H122O25. The molecule has 25 heteroatoms. The van der Waals surface area contributed by atoms with Crippen molar-refractivity contribution in [1.82, 2.24) is 0 Å². The van der Waals surface area contributed by atoms with E-state index in [0.29, 0.717) is 311 Å². The highest BCUT2D eigenvalue weighted by Crippen LogP contribution is 2.10. The molecule has 0 aliphatic carbocycles. The van der Waals surface area contributed by atoms with Crippen LogP contribution in [-0.2, 0) is 114 Å². The molecule has 0 aromatic carbocycles. The molecule has 25 nitrogen and oxygen atoms in total. The van der Waals surface area contributed by atoms with Gasteiger partial charge >= 0.3 is 0 Å². The predicted molar refractivity (Wildman–Crippen MR) is 319 cm³/mol. The SMILES string of the molecule is CCCCCCCCCCCCOCCOCCOCCOCCOCCOCCOCCOCCOCCOCCOCCOCCOCCOCCOCCOCCOCCOCCOCCOCCOCCOCCOCCOCCO. The molecule has 0 bridgehead atoms. The van der Waals surface area contributed by atoms with Crippen LogP contribution in [0.25, 0.3) is 0 Å². The minimum absolute atomic E-state index is 0.0185. The van der Waals surface area contributed by atoms with Gasteiger partial charge < -0.3 is 119 Å². The van der Waals surface area contributed by atoms with Gasteiger partial charge in [-0.15, -0.1) is 0 Å². The Bertz CT molecular complexity index is 1050. The second-order valence-corrected chi connectivity index (χ2v) is 18.6. The van der Waals surface area contributed by atoms with E-state index in [9.17, 15) is 0 Å². The lowest BCUT2D eigenvalue weighted by Crippen LogP contribution is -2.16. The van der Waals surface area contributed by atoms with E-state index in [4.69, 9.17) is 119 Å². The Balaban J connectivity index is 3.08. The van der Waals surface area contributed by atoms with Crippen molar-refractivity contribution in [2.45, 2.75) is 71.1 Å². The van der Waals surface area contributed by atoms with Crippen LogP contribution in [-0.4, -0.2) is 329 Å². The van der Waals surface area contributed by atoms with Gasteiger partial charge in [-0.2, -0.15) is 0 Å². The van der Waals surface area contributed by atoms with E-state index in [2.05, 4.69) is 6.92 Å². The van der Waals surface area contributed by atoms with Crippen LogP contribution in [0.3, 0.4) is 0 Å². The van der Waals surface area contributed by atoms with E-state index in [-0.39, 0.29) is 6.61 Å². The van der Waals surface area contributed by atoms with E-state index in [1.54, 1.807) is 0 Å². The van der Waals surface area contributed by atoms with Crippen LogP contribution < -0.4 is 0 Å². The highest BCUT2D eigenvalue weighted by molar-refractivity contribution is 4.48. The molecule has 0 amide bonds. The number of aliphatic hydroxyl groups is 1. The maximum Gasteiger partial charge on any atom is 0.0701 e. The summed E-state index contributed by atoms with van der Waals surface area (Å²) in [6, 6.07) is 0. The van der Waals surface area contributed by atoms with Crippen LogP contribution in [0.1, 0.15) is 71.1 Å². The summed E-state index contributed by atoms with van der Waals surface area (Å²) in [6.45, 7) is 26.5. The van der Waals surface area contributed by atoms with E-state index in [0.717, 1.165) is 13.0 Å². The highest BCUT2D eigenvalue weighted by Gasteiger charge is 2.01. The van der Waals surface area contributed by atoms with Crippen LogP contribution in [0.2, 0.25) is 0 Å². The molecule has 0 aromatic heterocycles. The average molecular weight is 1240 g/mol. The van der Waals surface area contributed by atoms with Gasteiger partial charge in [-0.1, -0.05) is 64.7 Å². The van der Waals surface area contributed by atoms with Crippen molar-refractivity contribution in [3.63, 3.8) is 0 Å². The third kappa shape index (κ3) is 83.0. The van der Waals surface area contributed by atoms with E-state index in [1.807, 2.05) is 0 Å². The molecule has 0 aliphatic heterocycles. The first-order valence-electron chi connectivity index (χ1n) is 31.9. The normalized spacial score (nSPS) is 11.8. The standard InChI is InChI=1S/C60H122O25/c1-2-3-4-5-6-7-8-9-10-11-13-62-15-17-64-19-21-66-23-25-68-27-29-70-31-33-72-35-37-74-39-41-76-43-45-78-47-49-80-51-53-82-55-57-84-59-60-85-58-56-83-54-52-81-50-48-79-46-44-77-42-40-75-38-36-73-34-32-71-30-28-69-26-24-67-22-20-65-18-16-63-14-12-61/h61H,2-60H2,1H3.